The Labute approximate surface area is 177 Å². The summed E-state index contributed by atoms with van der Waals surface area (Å²) in [4.78, 5) is 28.3. The molecule has 3 aromatic rings. The Hall–Kier alpha value is -3.32. The first kappa shape index (κ1) is 19.6. The molecule has 2 fully saturated rings. The smallest absolute Gasteiger partial charge is 0.329 e. The first-order valence-electron chi connectivity index (χ1n) is 9.88. The van der Waals surface area contributed by atoms with Crippen molar-refractivity contribution in [2.45, 2.75) is 23.8 Å². The monoisotopic (exact) mass is 444 g/mol. The van der Waals surface area contributed by atoms with Gasteiger partial charge in [0.2, 0.25) is 21.8 Å². The molecule has 5 rings (SSSR count). The Kier molecular flexibility index (Phi) is 4.70. The molecule has 0 amide bonds. The number of hydrogen-bond donors (Lipinski definition) is 2. The van der Waals surface area contributed by atoms with Crippen LogP contribution >= 0.6 is 0 Å². The third kappa shape index (κ3) is 3.65. The standard InChI is InChI=1S/C18H20N8O4S/c27-26(28)14-10-21-18(23-17(14)22-12-3-4-12)24-6-8-25(9-7-24)31(29,30)15-11-20-16-13(15)2-1-5-19-16/h1-2,5,10-12H,3-4,6-9H2,(H,19,20)(H,21,22,23). The average Bonchev–Trinajstić information content (AvgIpc) is 3.47. The van der Waals surface area contributed by atoms with Crippen LogP contribution < -0.4 is 10.2 Å². The molecule has 0 bridgehead atoms. The molecule has 3 aromatic heterocycles. The lowest BCUT2D eigenvalue weighted by Gasteiger charge is -2.33. The van der Waals surface area contributed by atoms with E-state index in [4.69, 9.17) is 0 Å². The number of nitro groups is 1. The van der Waals surface area contributed by atoms with Crippen LogP contribution in [0.25, 0.3) is 11.0 Å². The molecular formula is C18H20N8O4S. The molecule has 2 N–H and O–H groups in total. The fraction of sp³-hybridized carbons (Fsp3) is 0.389. The fourth-order valence-electron chi connectivity index (χ4n) is 3.59. The molecular weight excluding hydrogens is 424 g/mol. The van der Waals surface area contributed by atoms with Crippen LogP contribution in [0.5, 0.6) is 0 Å². The maximum absolute atomic E-state index is 13.2. The van der Waals surface area contributed by atoms with Crippen molar-refractivity contribution < 1.29 is 13.3 Å². The quantitative estimate of drug-likeness (QED) is 0.424. The van der Waals surface area contributed by atoms with Gasteiger partial charge in [-0.05, 0) is 25.0 Å². The van der Waals surface area contributed by atoms with E-state index in [1.165, 1.54) is 16.7 Å². The summed E-state index contributed by atoms with van der Waals surface area (Å²) in [6.45, 7) is 1.25. The Balaban J connectivity index is 1.34. The van der Waals surface area contributed by atoms with Gasteiger partial charge in [0.15, 0.2) is 0 Å². The number of anilines is 2. The number of pyridine rings is 1. The van der Waals surface area contributed by atoms with Crippen LogP contribution in [-0.4, -0.2) is 69.8 Å². The van der Waals surface area contributed by atoms with Crippen molar-refractivity contribution in [2.24, 2.45) is 0 Å². The number of hydrogen-bond acceptors (Lipinski definition) is 9. The molecule has 162 valence electrons. The van der Waals surface area contributed by atoms with Crippen molar-refractivity contribution in [1.82, 2.24) is 24.2 Å². The molecule has 12 nitrogen and oxygen atoms in total. The highest BCUT2D eigenvalue weighted by molar-refractivity contribution is 7.89. The highest BCUT2D eigenvalue weighted by Crippen LogP contribution is 2.31. The minimum atomic E-state index is -3.69. The lowest BCUT2D eigenvalue weighted by molar-refractivity contribution is -0.384. The number of nitrogens with zero attached hydrogens (tertiary/aromatic N) is 6. The van der Waals surface area contributed by atoms with Gasteiger partial charge < -0.3 is 15.2 Å². The topological polar surface area (TPSA) is 150 Å². The maximum Gasteiger partial charge on any atom is 0.329 e. The highest BCUT2D eigenvalue weighted by Gasteiger charge is 2.32. The van der Waals surface area contributed by atoms with E-state index in [9.17, 15) is 18.5 Å². The zero-order valence-electron chi connectivity index (χ0n) is 16.4. The van der Waals surface area contributed by atoms with E-state index in [0.29, 0.717) is 30.1 Å². The molecule has 1 aliphatic heterocycles. The van der Waals surface area contributed by atoms with Gasteiger partial charge in [-0.1, -0.05) is 0 Å². The van der Waals surface area contributed by atoms with Crippen LogP contribution in [0.3, 0.4) is 0 Å². The summed E-state index contributed by atoms with van der Waals surface area (Å²) in [5.74, 6) is 0.556. The van der Waals surface area contributed by atoms with Gasteiger partial charge in [-0.2, -0.15) is 9.29 Å². The summed E-state index contributed by atoms with van der Waals surface area (Å²) in [6, 6.07) is 3.63. The van der Waals surface area contributed by atoms with Crippen LogP contribution in [0.15, 0.2) is 35.6 Å². The van der Waals surface area contributed by atoms with Crippen molar-refractivity contribution >= 4 is 38.5 Å². The van der Waals surface area contributed by atoms with Crippen LogP contribution in [0, 0.1) is 10.1 Å². The van der Waals surface area contributed by atoms with Gasteiger partial charge in [0.05, 0.1) is 4.92 Å². The number of fused-ring (bicyclic) bond motifs is 1. The molecule has 0 aromatic carbocycles. The van der Waals surface area contributed by atoms with Crippen LogP contribution in [0.1, 0.15) is 12.8 Å². The summed E-state index contributed by atoms with van der Waals surface area (Å²) < 4.78 is 27.7. The molecule has 0 spiro atoms. The van der Waals surface area contributed by atoms with E-state index in [0.717, 1.165) is 12.8 Å². The second-order valence-corrected chi connectivity index (χ2v) is 9.43. The highest BCUT2D eigenvalue weighted by atomic mass is 32.2. The Bertz CT molecular complexity index is 1250. The number of sulfonamides is 1. The second-order valence-electron chi connectivity index (χ2n) is 7.52. The van der Waals surface area contributed by atoms with E-state index in [2.05, 4.69) is 25.3 Å². The number of nitrogens with one attached hydrogen (secondary N) is 2. The number of aromatic amines is 1. The lowest BCUT2D eigenvalue weighted by Crippen LogP contribution is -2.49. The molecule has 4 heterocycles. The summed E-state index contributed by atoms with van der Waals surface area (Å²) >= 11 is 0. The zero-order chi connectivity index (χ0) is 21.6. The van der Waals surface area contributed by atoms with Gasteiger partial charge in [-0.25, -0.2) is 18.4 Å². The lowest BCUT2D eigenvalue weighted by atomic mass is 10.3. The van der Waals surface area contributed by atoms with Crippen LogP contribution in [0.2, 0.25) is 0 Å². The number of aromatic nitrogens is 4. The Morgan fingerprint density at radius 3 is 2.68 bits per heavy atom. The summed E-state index contributed by atoms with van der Waals surface area (Å²) in [6.07, 6.45) is 6.18. The minimum Gasteiger partial charge on any atom is -0.361 e. The average molecular weight is 444 g/mol. The molecule has 0 unspecified atom stereocenters. The first-order chi connectivity index (χ1) is 14.9. The van der Waals surface area contributed by atoms with Crippen molar-refractivity contribution in [3.63, 3.8) is 0 Å². The molecule has 13 heteroatoms. The van der Waals surface area contributed by atoms with E-state index in [1.807, 2.05) is 4.90 Å². The van der Waals surface area contributed by atoms with Gasteiger partial charge in [0, 0.05) is 50.0 Å². The number of rotatable bonds is 6. The van der Waals surface area contributed by atoms with Gasteiger partial charge in [0.25, 0.3) is 0 Å². The van der Waals surface area contributed by atoms with Crippen LogP contribution in [0.4, 0.5) is 17.5 Å². The zero-order valence-corrected chi connectivity index (χ0v) is 17.2. The fourth-order valence-corrected chi connectivity index (χ4v) is 5.16. The third-order valence-corrected chi connectivity index (χ3v) is 7.36. The van der Waals surface area contributed by atoms with Crippen molar-refractivity contribution in [3.8, 4) is 0 Å². The molecule has 1 saturated heterocycles. The Morgan fingerprint density at radius 1 is 1.19 bits per heavy atom. The predicted octanol–water partition coefficient (Wildman–Crippen LogP) is 1.35. The molecule has 0 atom stereocenters. The van der Waals surface area contributed by atoms with Crippen molar-refractivity contribution in [3.05, 3.63) is 40.8 Å². The Morgan fingerprint density at radius 2 is 1.97 bits per heavy atom. The van der Waals surface area contributed by atoms with Crippen molar-refractivity contribution in [2.75, 3.05) is 36.4 Å². The second kappa shape index (κ2) is 7.42. The third-order valence-electron chi connectivity index (χ3n) is 5.42. The molecule has 1 saturated carbocycles. The largest absolute Gasteiger partial charge is 0.361 e. The van der Waals surface area contributed by atoms with Gasteiger partial charge in [-0.3, -0.25) is 10.1 Å². The SMILES string of the molecule is O=[N+]([O-])c1cnc(N2CCN(S(=O)(=O)c3c[nH]c4ncccc34)CC2)nc1NC1CC1. The van der Waals surface area contributed by atoms with E-state index < -0.39 is 14.9 Å². The van der Waals surface area contributed by atoms with Gasteiger partial charge in [0.1, 0.15) is 16.7 Å². The number of H-pyrrole nitrogens is 1. The van der Waals surface area contributed by atoms with Crippen molar-refractivity contribution in [1.29, 1.82) is 0 Å². The van der Waals surface area contributed by atoms with E-state index >= 15 is 0 Å². The molecule has 1 aliphatic carbocycles. The summed E-state index contributed by atoms with van der Waals surface area (Å²) in [5, 5.41) is 14.9. The van der Waals surface area contributed by atoms with Gasteiger partial charge in [-0.15, -0.1) is 0 Å². The summed E-state index contributed by atoms with van der Waals surface area (Å²) in [7, 11) is -3.69. The minimum absolute atomic E-state index is 0.162. The molecule has 0 radical (unpaired) electrons. The predicted molar refractivity (Wildman–Crippen MR) is 112 cm³/mol. The van der Waals surface area contributed by atoms with E-state index in [-0.39, 0.29) is 35.5 Å². The summed E-state index contributed by atoms with van der Waals surface area (Å²) in [5.41, 5.74) is 0.361. The van der Waals surface area contributed by atoms with Gasteiger partial charge >= 0.3 is 5.69 Å². The number of piperazine rings is 1. The normalized spacial score (nSPS) is 17.7. The molecule has 31 heavy (non-hydrogen) atoms. The first-order valence-corrected chi connectivity index (χ1v) is 11.3. The van der Waals surface area contributed by atoms with E-state index in [1.54, 1.807) is 18.3 Å². The maximum atomic E-state index is 13.2. The molecule has 2 aliphatic rings. The van der Waals surface area contributed by atoms with Crippen LogP contribution in [-0.2, 0) is 10.0 Å².